The zero-order valence-electron chi connectivity index (χ0n) is 16.0. The van der Waals surface area contributed by atoms with Gasteiger partial charge in [-0.2, -0.15) is 0 Å². The average Bonchev–Trinajstić information content (AvgIpc) is 2.69. The number of hydrogen-bond acceptors (Lipinski definition) is 3. The summed E-state index contributed by atoms with van der Waals surface area (Å²) in [5.41, 5.74) is 1.26. The van der Waals surface area contributed by atoms with Crippen LogP contribution in [0.1, 0.15) is 12.0 Å². The van der Waals surface area contributed by atoms with E-state index in [1.165, 1.54) is 35.2 Å². The lowest BCUT2D eigenvalue weighted by Crippen LogP contribution is -2.59. The Balaban J connectivity index is 1.73. The second kappa shape index (κ2) is 9.32. The lowest BCUT2D eigenvalue weighted by Gasteiger charge is -2.34. The Morgan fingerprint density at radius 2 is 1.93 bits per heavy atom. The molecule has 3 rings (SSSR count). The lowest BCUT2D eigenvalue weighted by molar-refractivity contribution is -0.130. The van der Waals surface area contributed by atoms with Crippen molar-refractivity contribution in [1.82, 2.24) is 10.2 Å². The van der Waals surface area contributed by atoms with E-state index in [4.69, 9.17) is 23.2 Å². The van der Waals surface area contributed by atoms with Crippen molar-refractivity contribution in [2.45, 2.75) is 19.4 Å². The molecule has 0 radical (unpaired) electrons. The van der Waals surface area contributed by atoms with Gasteiger partial charge < -0.3 is 20.9 Å². The van der Waals surface area contributed by atoms with Crippen molar-refractivity contribution in [2.75, 3.05) is 23.7 Å². The standard InChI is InChI=1S/C20H19Cl2FN4O3/c1-11-2-4-13(23)9-15(11)26-20(30)27-7-6-24-19(29)17(27)10-18(28)25-16-8-12(21)3-5-14(16)22/h2-5,8-9,17H,6-7,10H2,1H3,(H,24,29)(H,25,28)(H,26,30)/t17-/m1/s1. The number of amides is 4. The first-order valence-corrected chi connectivity index (χ1v) is 9.86. The molecule has 0 bridgehead atoms. The number of benzene rings is 2. The highest BCUT2D eigenvalue weighted by Gasteiger charge is 2.35. The van der Waals surface area contributed by atoms with Crippen LogP contribution in [0.15, 0.2) is 36.4 Å². The van der Waals surface area contributed by atoms with Crippen molar-refractivity contribution >= 4 is 52.4 Å². The van der Waals surface area contributed by atoms with Crippen LogP contribution in [-0.2, 0) is 9.59 Å². The fourth-order valence-corrected chi connectivity index (χ4v) is 3.38. The summed E-state index contributed by atoms with van der Waals surface area (Å²) < 4.78 is 13.5. The quantitative estimate of drug-likeness (QED) is 0.658. The summed E-state index contributed by atoms with van der Waals surface area (Å²) in [6, 6.07) is 6.98. The summed E-state index contributed by atoms with van der Waals surface area (Å²) in [5.74, 6) is -1.47. The van der Waals surface area contributed by atoms with Crippen LogP contribution in [0.5, 0.6) is 0 Å². The van der Waals surface area contributed by atoms with Crippen LogP contribution in [0.4, 0.5) is 20.6 Å². The molecule has 2 aromatic carbocycles. The Morgan fingerprint density at radius 3 is 2.70 bits per heavy atom. The van der Waals surface area contributed by atoms with Gasteiger partial charge >= 0.3 is 6.03 Å². The molecule has 30 heavy (non-hydrogen) atoms. The van der Waals surface area contributed by atoms with Crippen molar-refractivity contribution < 1.29 is 18.8 Å². The van der Waals surface area contributed by atoms with Gasteiger partial charge in [0.25, 0.3) is 0 Å². The Morgan fingerprint density at radius 1 is 1.17 bits per heavy atom. The van der Waals surface area contributed by atoms with Crippen LogP contribution >= 0.6 is 23.2 Å². The number of nitrogens with one attached hydrogen (secondary N) is 3. The maximum absolute atomic E-state index is 13.5. The van der Waals surface area contributed by atoms with E-state index < -0.39 is 29.7 Å². The van der Waals surface area contributed by atoms with E-state index in [0.29, 0.717) is 22.0 Å². The number of carbonyl (C=O) groups is 3. The van der Waals surface area contributed by atoms with Crippen LogP contribution in [0.3, 0.4) is 0 Å². The predicted molar refractivity (Wildman–Crippen MR) is 113 cm³/mol. The van der Waals surface area contributed by atoms with Crippen LogP contribution in [0, 0.1) is 12.7 Å². The van der Waals surface area contributed by atoms with E-state index in [0.717, 1.165) is 0 Å². The molecule has 0 spiro atoms. The highest BCUT2D eigenvalue weighted by molar-refractivity contribution is 6.35. The Hall–Kier alpha value is -2.84. The third-order valence-electron chi connectivity index (χ3n) is 4.61. The first-order chi connectivity index (χ1) is 14.2. The maximum atomic E-state index is 13.5. The van der Waals surface area contributed by atoms with Gasteiger partial charge in [0.15, 0.2) is 0 Å². The summed E-state index contributed by atoms with van der Waals surface area (Å²) >= 11 is 12.0. The molecule has 1 saturated heterocycles. The molecule has 0 aromatic heterocycles. The highest BCUT2D eigenvalue weighted by atomic mass is 35.5. The number of nitrogens with zero attached hydrogens (tertiary/aromatic N) is 1. The fraction of sp³-hybridized carbons (Fsp3) is 0.250. The number of hydrogen-bond donors (Lipinski definition) is 3. The van der Waals surface area contributed by atoms with Crippen molar-refractivity contribution in [3.8, 4) is 0 Å². The Bertz CT molecular complexity index is 1000. The van der Waals surface area contributed by atoms with Crippen molar-refractivity contribution in [1.29, 1.82) is 0 Å². The molecule has 10 heteroatoms. The van der Waals surface area contributed by atoms with Crippen LogP contribution < -0.4 is 16.0 Å². The summed E-state index contributed by atoms with van der Waals surface area (Å²) in [4.78, 5) is 38.9. The monoisotopic (exact) mass is 452 g/mol. The number of anilines is 2. The Kier molecular flexibility index (Phi) is 6.79. The second-order valence-corrected chi connectivity index (χ2v) is 7.61. The summed E-state index contributed by atoms with van der Waals surface area (Å²) in [5, 5.41) is 8.53. The minimum absolute atomic E-state index is 0.196. The number of piperazine rings is 1. The normalized spacial score (nSPS) is 16.1. The van der Waals surface area contributed by atoms with Crippen molar-refractivity contribution in [2.24, 2.45) is 0 Å². The smallest absolute Gasteiger partial charge is 0.322 e. The summed E-state index contributed by atoms with van der Waals surface area (Å²) in [6.07, 6.45) is -0.287. The van der Waals surface area contributed by atoms with Gasteiger partial charge in [-0.15, -0.1) is 0 Å². The van der Waals surface area contributed by atoms with Gasteiger partial charge in [0.1, 0.15) is 11.9 Å². The maximum Gasteiger partial charge on any atom is 0.322 e. The van der Waals surface area contributed by atoms with E-state index in [2.05, 4.69) is 16.0 Å². The molecule has 0 aliphatic carbocycles. The number of rotatable bonds is 4. The van der Waals surface area contributed by atoms with E-state index in [9.17, 15) is 18.8 Å². The Labute approximate surface area is 182 Å². The molecule has 0 unspecified atom stereocenters. The van der Waals surface area contributed by atoms with Crippen LogP contribution in [0.2, 0.25) is 10.0 Å². The van der Waals surface area contributed by atoms with Gasteiger partial charge in [-0.1, -0.05) is 29.3 Å². The number of urea groups is 1. The molecule has 1 fully saturated rings. The molecule has 2 aromatic rings. The third kappa shape index (κ3) is 5.20. The first-order valence-electron chi connectivity index (χ1n) is 9.11. The summed E-state index contributed by atoms with van der Waals surface area (Å²) in [6.45, 7) is 2.16. The van der Waals surface area contributed by atoms with Gasteiger partial charge in [0.2, 0.25) is 11.8 Å². The minimum Gasteiger partial charge on any atom is -0.353 e. The fourth-order valence-electron chi connectivity index (χ4n) is 3.05. The molecule has 3 N–H and O–H groups in total. The largest absolute Gasteiger partial charge is 0.353 e. The second-order valence-electron chi connectivity index (χ2n) is 6.77. The van der Waals surface area contributed by atoms with Crippen LogP contribution in [0.25, 0.3) is 0 Å². The van der Waals surface area contributed by atoms with Gasteiger partial charge in [-0.25, -0.2) is 9.18 Å². The number of aryl methyl sites for hydroxylation is 1. The lowest BCUT2D eigenvalue weighted by atomic mass is 10.1. The van der Waals surface area contributed by atoms with Gasteiger partial charge in [0.05, 0.1) is 17.1 Å². The van der Waals surface area contributed by atoms with E-state index >= 15 is 0 Å². The summed E-state index contributed by atoms with van der Waals surface area (Å²) in [7, 11) is 0. The van der Waals surface area contributed by atoms with Crippen molar-refractivity contribution in [3.63, 3.8) is 0 Å². The molecule has 7 nitrogen and oxygen atoms in total. The van der Waals surface area contributed by atoms with Crippen LogP contribution in [-0.4, -0.2) is 41.9 Å². The van der Waals surface area contributed by atoms with E-state index in [1.54, 1.807) is 13.0 Å². The molecule has 1 aliphatic heterocycles. The zero-order chi connectivity index (χ0) is 21.8. The molecule has 158 valence electrons. The molecule has 1 aliphatic rings. The number of carbonyl (C=O) groups excluding carboxylic acids is 3. The molecular weight excluding hydrogens is 434 g/mol. The molecule has 1 heterocycles. The predicted octanol–water partition coefficient (Wildman–Crippen LogP) is 3.80. The van der Waals surface area contributed by atoms with E-state index in [-0.39, 0.29) is 24.5 Å². The minimum atomic E-state index is -1.04. The van der Waals surface area contributed by atoms with Crippen molar-refractivity contribution in [3.05, 3.63) is 57.8 Å². The van der Waals surface area contributed by atoms with E-state index in [1.807, 2.05) is 0 Å². The molecule has 4 amide bonds. The molecular formula is C20H19Cl2FN4O3. The third-order valence-corrected chi connectivity index (χ3v) is 5.18. The van der Waals surface area contributed by atoms with Gasteiger partial charge in [-0.3, -0.25) is 9.59 Å². The molecule has 0 saturated carbocycles. The van der Waals surface area contributed by atoms with Gasteiger partial charge in [0, 0.05) is 23.8 Å². The highest BCUT2D eigenvalue weighted by Crippen LogP contribution is 2.26. The molecule has 1 atom stereocenters. The average molecular weight is 453 g/mol. The zero-order valence-corrected chi connectivity index (χ0v) is 17.5. The SMILES string of the molecule is Cc1ccc(F)cc1NC(=O)N1CCNC(=O)[C@H]1CC(=O)Nc1cc(Cl)ccc1Cl. The first kappa shape index (κ1) is 21.9. The number of halogens is 3. The van der Waals surface area contributed by atoms with Gasteiger partial charge in [-0.05, 0) is 42.8 Å². The topological polar surface area (TPSA) is 90.5 Å².